The molecule has 2 rings (SSSR count). The third-order valence-corrected chi connectivity index (χ3v) is 2.96. The summed E-state index contributed by atoms with van der Waals surface area (Å²) in [6.45, 7) is 4.35. The molecule has 116 valence electrons. The van der Waals surface area contributed by atoms with Gasteiger partial charge in [-0.3, -0.25) is 4.79 Å². The Hall–Kier alpha value is -2.63. The van der Waals surface area contributed by atoms with Crippen molar-refractivity contribution < 1.29 is 9.53 Å². The van der Waals surface area contributed by atoms with Crippen molar-refractivity contribution in [3.8, 4) is 5.75 Å². The second kappa shape index (κ2) is 7.40. The second-order valence-electron chi connectivity index (χ2n) is 5.09. The van der Waals surface area contributed by atoms with E-state index in [-0.39, 0.29) is 11.9 Å². The minimum atomic E-state index is -0.175. The fourth-order valence-electron chi connectivity index (χ4n) is 1.91. The highest BCUT2D eigenvalue weighted by Crippen LogP contribution is 2.17. The molecule has 1 heterocycles. The zero-order valence-corrected chi connectivity index (χ0v) is 13.0. The largest absolute Gasteiger partial charge is 0.496 e. The van der Waals surface area contributed by atoms with Gasteiger partial charge in [-0.1, -0.05) is 18.2 Å². The topological polar surface area (TPSA) is 76.1 Å². The van der Waals surface area contributed by atoms with Crippen LogP contribution in [0.3, 0.4) is 0 Å². The van der Waals surface area contributed by atoms with E-state index in [4.69, 9.17) is 4.74 Å². The molecule has 2 N–H and O–H groups in total. The number of amides is 1. The Labute approximate surface area is 129 Å². The van der Waals surface area contributed by atoms with Crippen LogP contribution >= 0.6 is 0 Å². The van der Waals surface area contributed by atoms with Crippen LogP contribution in [0.1, 0.15) is 29.8 Å². The van der Waals surface area contributed by atoms with Crippen molar-refractivity contribution in [3.05, 3.63) is 47.8 Å². The van der Waals surface area contributed by atoms with Gasteiger partial charge in [-0.15, -0.1) is 0 Å². The van der Waals surface area contributed by atoms with Gasteiger partial charge in [-0.05, 0) is 19.9 Å². The molecule has 0 radical (unpaired) electrons. The lowest BCUT2D eigenvalue weighted by atomic mass is 10.2. The van der Waals surface area contributed by atoms with Crippen molar-refractivity contribution in [2.75, 3.05) is 12.4 Å². The molecule has 1 aromatic heterocycles. The first-order chi connectivity index (χ1) is 10.6. The van der Waals surface area contributed by atoms with Crippen LogP contribution in [0.15, 0.2) is 36.7 Å². The van der Waals surface area contributed by atoms with Gasteiger partial charge in [-0.2, -0.15) is 0 Å². The molecule has 0 aliphatic heterocycles. The molecule has 0 bridgehead atoms. The first-order valence-corrected chi connectivity index (χ1v) is 7.09. The number of aromatic nitrogens is 2. The molecule has 1 aromatic carbocycles. The summed E-state index contributed by atoms with van der Waals surface area (Å²) < 4.78 is 5.29. The molecule has 0 atom stereocenters. The van der Waals surface area contributed by atoms with Crippen LogP contribution in [0, 0.1) is 0 Å². The van der Waals surface area contributed by atoms with Gasteiger partial charge in [0.05, 0.1) is 12.7 Å². The van der Waals surface area contributed by atoms with Crippen molar-refractivity contribution in [2.45, 2.75) is 26.4 Å². The molecule has 0 saturated heterocycles. The zero-order chi connectivity index (χ0) is 15.9. The van der Waals surface area contributed by atoms with E-state index in [0.717, 1.165) is 11.3 Å². The Bertz CT molecular complexity index is 626. The first-order valence-electron chi connectivity index (χ1n) is 7.09. The molecule has 0 unspecified atom stereocenters. The third kappa shape index (κ3) is 4.18. The Balaban J connectivity index is 1.98. The number of para-hydroxylation sites is 1. The van der Waals surface area contributed by atoms with E-state index in [1.807, 2.05) is 38.1 Å². The maximum Gasteiger partial charge on any atom is 0.254 e. The molecule has 0 spiro atoms. The van der Waals surface area contributed by atoms with Crippen LogP contribution in [0.5, 0.6) is 5.75 Å². The monoisotopic (exact) mass is 300 g/mol. The van der Waals surface area contributed by atoms with Gasteiger partial charge >= 0.3 is 0 Å². The van der Waals surface area contributed by atoms with Crippen LogP contribution < -0.4 is 15.4 Å². The number of carbonyl (C=O) groups excluding carboxylic acids is 1. The summed E-state index contributed by atoms with van der Waals surface area (Å²) in [6, 6.07) is 7.81. The first kappa shape index (κ1) is 15.8. The molecule has 6 nitrogen and oxygen atoms in total. The van der Waals surface area contributed by atoms with Gasteiger partial charge in [0, 0.05) is 30.5 Å². The summed E-state index contributed by atoms with van der Waals surface area (Å²) in [5, 5.41) is 5.90. The van der Waals surface area contributed by atoms with Crippen LogP contribution in [0.4, 0.5) is 5.95 Å². The normalized spacial score (nSPS) is 10.4. The van der Waals surface area contributed by atoms with E-state index in [1.54, 1.807) is 7.11 Å². The zero-order valence-electron chi connectivity index (χ0n) is 13.0. The quantitative estimate of drug-likeness (QED) is 0.855. The van der Waals surface area contributed by atoms with Gasteiger partial charge in [0.25, 0.3) is 5.91 Å². The molecule has 0 fully saturated rings. The van der Waals surface area contributed by atoms with E-state index in [9.17, 15) is 4.79 Å². The van der Waals surface area contributed by atoms with Crippen molar-refractivity contribution in [1.29, 1.82) is 0 Å². The summed E-state index contributed by atoms with van der Waals surface area (Å²) in [4.78, 5) is 20.1. The highest BCUT2D eigenvalue weighted by molar-refractivity contribution is 5.93. The van der Waals surface area contributed by atoms with Crippen molar-refractivity contribution >= 4 is 11.9 Å². The second-order valence-corrected chi connectivity index (χ2v) is 5.09. The molecule has 0 aliphatic carbocycles. The number of carbonyl (C=O) groups is 1. The lowest BCUT2D eigenvalue weighted by Crippen LogP contribution is -2.30. The highest BCUT2D eigenvalue weighted by atomic mass is 16.5. The number of nitrogens with zero attached hydrogens (tertiary/aromatic N) is 2. The Morgan fingerprint density at radius 1 is 1.23 bits per heavy atom. The average molecular weight is 300 g/mol. The lowest BCUT2D eigenvalue weighted by Gasteiger charge is -2.10. The van der Waals surface area contributed by atoms with E-state index in [0.29, 0.717) is 18.1 Å². The third-order valence-electron chi connectivity index (χ3n) is 2.96. The number of anilines is 1. The van der Waals surface area contributed by atoms with Crippen molar-refractivity contribution in [1.82, 2.24) is 15.3 Å². The fourth-order valence-corrected chi connectivity index (χ4v) is 1.91. The fraction of sp³-hybridized carbons (Fsp3) is 0.312. The standard InChI is InChI=1S/C16H20N4O2/c1-11(2)20-15(21)13-9-18-16(19-10-13)17-8-12-6-4-5-7-14(12)22-3/h4-7,9-11H,8H2,1-3H3,(H,20,21)(H,17,18,19). The van der Waals surface area contributed by atoms with E-state index in [1.165, 1.54) is 12.4 Å². The number of hydrogen-bond acceptors (Lipinski definition) is 5. The predicted octanol–water partition coefficient (Wildman–Crippen LogP) is 2.24. The Morgan fingerprint density at radius 2 is 1.91 bits per heavy atom. The number of rotatable bonds is 6. The number of hydrogen-bond donors (Lipinski definition) is 2. The summed E-state index contributed by atoms with van der Waals surface area (Å²) in [5.74, 6) is 1.10. The van der Waals surface area contributed by atoms with E-state index < -0.39 is 0 Å². The number of methoxy groups -OCH3 is 1. The van der Waals surface area contributed by atoms with E-state index >= 15 is 0 Å². The van der Waals surface area contributed by atoms with Gasteiger partial charge in [0.2, 0.25) is 5.95 Å². The molecular formula is C16H20N4O2. The predicted molar refractivity (Wildman–Crippen MR) is 85.0 cm³/mol. The summed E-state index contributed by atoms with van der Waals surface area (Å²) in [5.41, 5.74) is 1.45. The van der Waals surface area contributed by atoms with Gasteiger partial charge in [-0.25, -0.2) is 9.97 Å². The minimum Gasteiger partial charge on any atom is -0.496 e. The van der Waals surface area contributed by atoms with Crippen LogP contribution in [-0.4, -0.2) is 29.0 Å². The molecule has 0 saturated carbocycles. The Morgan fingerprint density at radius 3 is 2.55 bits per heavy atom. The minimum absolute atomic E-state index is 0.0795. The Kier molecular flexibility index (Phi) is 5.30. The van der Waals surface area contributed by atoms with Gasteiger partial charge in [0.15, 0.2) is 0 Å². The summed E-state index contributed by atoms with van der Waals surface area (Å²) in [6.07, 6.45) is 3.02. The molecule has 6 heteroatoms. The summed E-state index contributed by atoms with van der Waals surface area (Å²) >= 11 is 0. The molecule has 22 heavy (non-hydrogen) atoms. The molecular weight excluding hydrogens is 280 g/mol. The van der Waals surface area contributed by atoms with E-state index in [2.05, 4.69) is 20.6 Å². The SMILES string of the molecule is COc1ccccc1CNc1ncc(C(=O)NC(C)C)cn1. The maximum atomic E-state index is 11.8. The maximum absolute atomic E-state index is 11.8. The summed E-state index contributed by atoms with van der Waals surface area (Å²) in [7, 11) is 1.64. The highest BCUT2D eigenvalue weighted by Gasteiger charge is 2.08. The molecule has 0 aliphatic rings. The number of benzene rings is 1. The number of ether oxygens (including phenoxy) is 1. The van der Waals surface area contributed by atoms with Crippen LogP contribution in [0.25, 0.3) is 0 Å². The molecule has 2 aromatic rings. The lowest BCUT2D eigenvalue weighted by molar-refractivity contribution is 0.0942. The smallest absolute Gasteiger partial charge is 0.254 e. The number of nitrogens with one attached hydrogen (secondary N) is 2. The van der Waals surface area contributed by atoms with Gasteiger partial charge < -0.3 is 15.4 Å². The average Bonchev–Trinajstić information content (AvgIpc) is 2.53. The van der Waals surface area contributed by atoms with Crippen LogP contribution in [-0.2, 0) is 6.54 Å². The van der Waals surface area contributed by atoms with Crippen LogP contribution in [0.2, 0.25) is 0 Å². The van der Waals surface area contributed by atoms with Gasteiger partial charge in [0.1, 0.15) is 5.75 Å². The van der Waals surface area contributed by atoms with Crippen molar-refractivity contribution in [2.24, 2.45) is 0 Å². The van der Waals surface area contributed by atoms with Crippen molar-refractivity contribution in [3.63, 3.8) is 0 Å². The molecule has 1 amide bonds.